The van der Waals surface area contributed by atoms with Crippen LogP contribution in [0.5, 0.6) is 11.6 Å². The van der Waals surface area contributed by atoms with Gasteiger partial charge in [-0.1, -0.05) is 17.7 Å². The molecule has 7 heteroatoms. The number of halogens is 1. The summed E-state index contributed by atoms with van der Waals surface area (Å²) >= 11 is 6.62. The van der Waals surface area contributed by atoms with Crippen molar-refractivity contribution < 1.29 is 14.2 Å². The zero-order chi connectivity index (χ0) is 21.6. The minimum Gasteiger partial charge on any atom is -0.497 e. The zero-order valence-corrected chi connectivity index (χ0v) is 19.1. The Hall–Kier alpha value is -2.28. The van der Waals surface area contributed by atoms with Gasteiger partial charge in [-0.2, -0.15) is 0 Å². The van der Waals surface area contributed by atoms with Crippen molar-refractivity contribution in [3.05, 3.63) is 41.4 Å². The van der Waals surface area contributed by atoms with Gasteiger partial charge >= 0.3 is 0 Å². The number of hydrogen-bond acceptors (Lipinski definition) is 4. The van der Waals surface area contributed by atoms with E-state index >= 15 is 0 Å². The van der Waals surface area contributed by atoms with E-state index in [-0.39, 0.29) is 0 Å². The fourth-order valence-electron chi connectivity index (χ4n) is 4.92. The van der Waals surface area contributed by atoms with Crippen LogP contribution in [0.1, 0.15) is 19.3 Å². The minimum absolute atomic E-state index is 0.399. The Morgan fingerprint density at radius 2 is 2.00 bits per heavy atom. The van der Waals surface area contributed by atoms with Gasteiger partial charge in [0.15, 0.2) is 0 Å². The van der Waals surface area contributed by atoms with Gasteiger partial charge in [0.2, 0.25) is 5.69 Å². The van der Waals surface area contributed by atoms with Gasteiger partial charge in [-0.25, -0.2) is 4.52 Å². The Kier molecular flexibility index (Phi) is 5.32. The molecule has 1 aliphatic carbocycles. The summed E-state index contributed by atoms with van der Waals surface area (Å²) in [5, 5.41) is 5.53. The molecule has 164 valence electrons. The van der Waals surface area contributed by atoms with Crippen molar-refractivity contribution in [2.45, 2.75) is 25.3 Å². The number of pyridine rings is 1. The summed E-state index contributed by atoms with van der Waals surface area (Å²) < 4.78 is 19.7. The van der Waals surface area contributed by atoms with Gasteiger partial charge < -0.3 is 14.2 Å². The first-order chi connectivity index (χ1) is 15.0. The molecule has 1 saturated carbocycles. The first kappa shape index (κ1) is 20.6. The summed E-state index contributed by atoms with van der Waals surface area (Å²) in [5.41, 5.74) is 4.02. The average Bonchev–Trinajstić information content (AvgIpc) is 3.27. The number of hydrogen-bond donors (Lipinski definition) is 0. The summed E-state index contributed by atoms with van der Waals surface area (Å²) in [4.78, 5) is 0. The highest BCUT2D eigenvalue weighted by Gasteiger charge is 2.46. The van der Waals surface area contributed by atoms with E-state index in [9.17, 15) is 0 Å². The fraction of sp³-hybridized carbons (Fsp3) is 0.458. The minimum atomic E-state index is 0.399. The zero-order valence-electron chi connectivity index (χ0n) is 18.3. The lowest BCUT2D eigenvalue weighted by Gasteiger charge is -2.38. The van der Waals surface area contributed by atoms with E-state index in [0.717, 1.165) is 64.8 Å². The monoisotopic (exact) mass is 442 g/mol. The van der Waals surface area contributed by atoms with Crippen LogP contribution in [0.25, 0.3) is 16.8 Å². The molecule has 2 atom stereocenters. The molecule has 5 rings (SSSR count). The van der Waals surface area contributed by atoms with Crippen LogP contribution in [-0.2, 0) is 4.74 Å². The Balaban J connectivity index is 1.70. The second-order valence-electron chi connectivity index (χ2n) is 8.82. The first-order valence-electron chi connectivity index (χ1n) is 10.9. The second-order valence-corrected chi connectivity index (χ2v) is 9.23. The molecule has 3 heterocycles. The summed E-state index contributed by atoms with van der Waals surface area (Å²) in [6.45, 7) is 2.67. The standard InChI is InChI=1S/C24H29ClN3O3/c1-28(14-16-7-8-16,17-11-12-31-15-17)23-22-6-4-5-21(27(22)26-24(23)30-3)19-10-9-18(29-2)13-20(19)25/h4-6,9-10,13,16-17H,7-8,11-12,14-15H2,1-3H3/q+1. The predicted octanol–water partition coefficient (Wildman–Crippen LogP) is 4.81. The molecule has 0 spiro atoms. The van der Waals surface area contributed by atoms with E-state index in [1.54, 1.807) is 14.2 Å². The highest BCUT2D eigenvalue weighted by molar-refractivity contribution is 6.33. The average molecular weight is 443 g/mol. The topological polar surface area (TPSA) is 45.0 Å². The van der Waals surface area contributed by atoms with Crippen molar-refractivity contribution >= 4 is 22.8 Å². The van der Waals surface area contributed by atoms with Gasteiger partial charge in [-0.3, -0.25) is 4.48 Å². The van der Waals surface area contributed by atoms with Crippen molar-refractivity contribution in [2.75, 3.05) is 41.0 Å². The van der Waals surface area contributed by atoms with Crippen LogP contribution in [0.3, 0.4) is 0 Å². The van der Waals surface area contributed by atoms with Crippen molar-refractivity contribution in [3.63, 3.8) is 0 Å². The predicted molar refractivity (Wildman–Crippen MR) is 123 cm³/mol. The number of rotatable bonds is 7. The number of ether oxygens (including phenoxy) is 3. The summed E-state index contributed by atoms with van der Waals surface area (Å²) in [6, 6.07) is 12.4. The lowest BCUT2D eigenvalue weighted by molar-refractivity contribution is 0.157. The molecule has 2 unspecified atom stereocenters. The molecule has 2 aromatic heterocycles. The third-order valence-electron chi connectivity index (χ3n) is 6.80. The Morgan fingerprint density at radius 1 is 1.16 bits per heavy atom. The van der Waals surface area contributed by atoms with E-state index in [1.807, 2.05) is 28.8 Å². The number of nitrogens with zero attached hydrogens (tertiary/aromatic N) is 3. The van der Waals surface area contributed by atoms with Crippen LogP contribution in [0.15, 0.2) is 36.4 Å². The van der Waals surface area contributed by atoms with Gasteiger partial charge in [-0.15, -0.1) is 5.10 Å². The maximum atomic E-state index is 6.62. The van der Waals surface area contributed by atoms with E-state index in [1.165, 1.54) is 12.8 Å². The molecule has 6 nitrogen and oxygen atoms in total. The van der Waals surface area contributed by atoms with Gasteiger partial charge in [0, 0.05) is 17.9 Å². The molecule has 1 saturated heterocycles. The first-order valence-corrected chi connectivity index (χ1v) is 11.3. The van der Waals surface area contributed by atoms with Crippen LogP contribution in [-0.4, -0.2) is 56.7 Å². The van der Waals surface area contributed by atoms with Gasteiger partial charge in [0.05, 0.1) is 51.7 Å². The fourth-order valence-corrected chi connectivity index (χ4v) is 5.19. The largest absolute Gasteiger partial charge is 0.497 e. The second kappa shape index (κ2) is 8.01. The molecule has 1 aliphatic heterocycles. The van der Waals surface area contributed by atoms with Crippen LogP contribution < -0.4 is 14.0 Å². The molecule has 0 bridgehead atoms. The summed E-state index contributed by atoms with van der Waals surface area (Å²) in [6.07, 6.45) is 3.65. The number of benzene rings is 1. The molecular weight excluding hydrogens is 414 g/mol. The van der Waals surface area contributed by atoms with E-state index in [0.29, 0.717) is 16.9 Å². The van der Waals surface area contributed by atoms with Crippen LogP contribution >= 0.6 is 11.6 Å². The maximum absolute atomic E-state index is 6.62. The quantitative estimate of drug-likeness (QED) is 0.493. The summed E-state index contributed by atoms with van der Waals surface area (Å²) in [7, 11) is 5.67. The van der Waals surface area contributed by atoms with Crippen molar-refractivity contribution in [2.24, 2.45) is 5.92 Å². The molecule has 1 aromatic carbocycles. The third kappa shape index (κ3) is 3.56. The number of aromatic nitrogens is 2. The molecule has 31 heavy (non-hydrogen) atoms. The summed E-state index contributed by atoms with van der Waals surface area (Å²) in [5.74, 6) is 2.16. The van der Waals surface area contributed by atoms with Crippen molar-refractivity contribution in [1.82, 2.24) is 14.1 Å². The van der Waals surface area contributed by atoms with Crippen LogP contribution in [0.2, 0.25) is 5.02 Å². The molecule has 0 radical (unpaired) electrons. The number of likely N-dealkylation sites (N-methyl/N-ethyl adjacent to an activating group) is 1. The Labute approximate surface area is 187 Å². The molecule has 2 aliphatic rings. The van der Waals surface area contributed by atoms with Crippen molar-refractivity contribution in [1.29, 1.82) is 0 Å². The third-order valence-corrected chi connectivity index (χ3v) is 7.12. The highest BCUT2D eigenvalue weighted by atomic mass is 35.5. The van der Waals surface area contributed by atoms with E-state index in [4.69, 9.17) is 30.9 Å². The maximum Gasteiger partial charge on any atom is 0.296 e. The lowest BCUT2D eigenvalue weighted by atomic mass is 10.1. The Bertz CT molecular complexity index is 1100. The molecule has 3 aromatic rings. The number of quaternary nitrogens is 1. The molecule has 2 fully saturated rings. The molecule has 0 amide bonds. The van der Waals surface area contributed by atoms with Crippen LogP contribution in [0, 0.1) is 5.92 Å². The van der Waals surface area contributed by atoms with Crippen LogP contribution in [0.4, 0.5) is 5.69 Å². The van der Waals surface area contributed by atoms with E-state index in [2.05, 4.69) is 19.2 Å². The van der Waals surface area contributed by atoms with Gasteiger partial charge in [-0.05, 0) is 43.2 Å². The highest BCUT2D eigenvalue weighted by Crippen LogP contribution is 2.45. The van der Waals surface area contributed by atoms with Crippen molar-refractivity contribution in [3.8, 4) is 22.9 Å². The number of fused-ring (bicyclic) bond motifs is 1. The Morgan fingerprint density at radius 3 is 2.65 bits per heavy atom. The molecular formula is C24H29ClN3O3+. The number of methoxy groups -OCH3 is 2. The van der Waals surface area contributed by atoms with E-state index < -0.39 is 0 Å². The van der Waals surface area contributed by atoms with Gasteiger partial charge in [0.25, 0.3) is 5.88 Å². The smallest absolute Gasteiger partial charge is 0.296 e. The molecule has 0 N–H and O–H groups in total. The SMILES string of the molecule is COc1ccc(-c2cccc3c([N+](C)(CC4CC4)C4CCOC4)c(OC)nn23)c(Cl)c1. The normalized spacial score (nSPS) is 20.7. The lowest BCUT2D eigenvalue weighted by Crippen LogP contribution is -2.55. The van der Waals surface area contributed by atoms with Gasteiger partial charge in [0.1, 0.15) is 17.3 Å².